The molecule has 35 heavy (non-hydrogen) atoms. The number of aromatic nitrogens is 4. The molecule has 0 N–H and O–H groups in total. The third-order valence-electron chi connectivity index (χ3n) is 6.18. The van der Waals surface area contributed by atoms with E-state index in [1.165, 1.54) is 0 Å². The highest BCUT2D eigenvalue weighted by Crippen LogP contribution is 2.38. The summed E-state index contributed by atoms with van der Waals surface area (Å²) in [6.45, 7) is 8.88. The van der Waals surface area contributed by atoms with E-state index >= 15 is 0 Å². The Kier molecular flexibility index (Phi) is 4.91. The van der Waals surface area contributed by atoms with Crippen molar-refractivity contribution in [2.45, 2.75) is 33.6 Å². The van der Waals surface area contributed by atoms with Crippen molar-refractivity contribution in [1.82, 2.24) is 18.9 Å². The lowest BCUT2D eigenvalue weighted by Gasteiger charge is -2.19. The standard InChI is InChI=1S/C27H26N4O4/c1-15(2)24-29-25-23(26-28-18-7-5-6-8-19(18)31(24)26)22(35-27(32)16(3)4)14-30(25)17-9-10-20-21(13-17)34-12-11-33-20/h5-10,13-16H,11-12H2,1-4H3. The number of ether oxygens (including phenoxy) is 3. The summed E-state index contributed by atoms with van der Waals surface area (Å²) in [5, 5.41) is 0.689. The Morgan fingerprint density at radius 1 is 0.971 bits per heavy atom. The van der Waals surface area contributed by atoms with Gasteiger partial charge in [0.2, 0.25) is 0 Å². The Hall–Kier alpha value is -4.07. The summed E-state index contributed by atoms with van der Waals surface area (Å²) in [7, 11) is 0. The molecule has 0 saturated carbocycles. The fourth-order valence-corrected chi connectivity index (χ4v) is 4.45. The minimum atomic E-state index is -0.312. The van der Waals surface area contributed by atoms with Gasteiger partial charge in [0.15, 0.2) is 28.5 Å². The molecule has 0 amide bonds. The van der Waals surface area contributed by atoms with E-state index in [0.717, 1.165) is 22.5 Å². The number of esters is 1. The van der Waals surface area contributed by atoms with Crippen molar-refractivity contribution >= 4 is 33.7 Å². The molecule has 6 rings (SSSR count). The average molecular weight is 471 g/mol. The number of imidazole rings is 1. The third kappa shape index (κ3) is 3.39. The van der Waals surface area contributed by atoms with Gasteiger partial charge in [-0.05, 0) is 24.3 Å². The van der Waals surface area contributed by atoms with Gasteiger partial charge in [-0.3, -0.25) is 13.8 Å². The van der Waals surface area contributed by atoms with Crippen molar-refractivity contribution in [3.63, 3.8) is 0 Å². The number of hydrogen-bond acceptors (Lipinski definition) is 6. The Bertz CT molecular complexity index is 1610. The van der Waals surface area contributed by atoms with Crippen LogP contribution >= 0.6 is 0 Å². The van der Waals surface area contributed by atoms with Gasteiger partial charge in [-0.1, -0.05) is 39.8 Å². The Morgan fingerprint density at radius 3 is 2.51 bits per heavy atom. The molecule has 0 aliphatic carbocycles. The van der Waals surface area contributed by atoms with Crippen molar-refractivity contribution in [3.8, 4) is 22.9 Å². The Labute approximate surface area is 202 Å². The number of fused-ring (bicyclic) bond motifs is 6. The van der Waals surface area contributed by atoms with E-state index in [0.29, 0.717) is 47.1 Å². The molecule has 0 fully saturated rings. The molecule has 0 saturated heterocycles. The highest BCUT2D eigenvalue weighted by Gasteiger charge is 2.25. The van der Waals surface area contributed by atoms with Crippen LogP contribution in [0.3, 0.4) is 0 Å². The molecule has 1 aliphatic rings. The first-order valence-corrected chi connectivity index (χ1v) is 11.9. The largest absolute Gasteiger partial charge is 0.486 e. The van der Waals surface area contributed by atoms with Gasteiger partial charge in [-0.2, -0.15) is 0 Å². The summed E-state index contributed by atoms with van der Waals surface area (Å²) in [4.78, 5) is 22.7. The zero-order valence-electron chi connectivity index (χ0n) is 20.1. The van der Waals surface area contributed by atoms with Crippen LogP contribution in [-0.2, 0) is 4.79 Å². The van der Waals surface area contributed by atoms with E-state index in [1.807, 2.05) is 67.1 Å². The summed E-state index contributed by atoms with van der Waals surface area (Å²) in [5.41, 5.74) is 4.03. The summed E-state index contributed by atoms with van der Waals surface area (Å²) in [6, 6.07) is 13.7. The molecule has 178 valence electrons. The molecule has 4 heterocycles. The van der Waals surface area contributed by atoms with Crippen LogP contribution in [0.15, 0.2) is 48.7 Å². The van der Waals surface area contributed by atoms with Gasteiger partial charge >= 0.3 is 5.97 Å². The molecule has 8 heteroatoms. The zero-order chi connectivity index (χ0) is 24.3. The predicted molar refractivity (Wildman–Crippen MR) is 133 cm³/mol. The summed E-state index contributed by atoms with van der Waals surface area (Å²) in [5.74, 6) is 2.23. The fraction of sp³-hybridized carbons (Fsp3) is 0.296. The maximum absolute atomic E-state index is 12.7. The molecule has 0 spiro atoms. The number of para-hydroxylation sites is 2. The van der Waals surface area contributed by atoms with Crippen LogP contribution in [0.1, 0.15) is 39.4 Å². The number of carbonyl (C=O) groups is 1. The monoisotopic (exact) mass is 470 g/mol. The van der Waals surface area contributed by atoms with Crippen LogP contribution in [0.5, 0.6) is 17.2 Å². The van der Waals surface area contributed by atoms with Crippen molar-refractivity contribution in [3.05, 3.63) is 54.5 Å². The van der Waals surface area contributed by atoms with E-state index in [1.54, 1.807) is 0 Å². The first kappa shape index (κ1) is 21.5. The van der Waals surface area contributed by atoms with Crippen LogP contribution in [0.4, 0.5) is 0 Å². The zero-order valence-corrected chi connectivity index (χ0v) is 20.1. The van der Waals surface area contributed by atoms with E-state index in [4.69, 9.17) is 24.2 Å². The second-order valence-electron chi connectivity index (χ2n) is 9.35. The third-order valence-corrected chi connectivity index (χ3v) is 6.18. The minimum absolute atomic E-state index is 0.129. The second-order valence-corrected chi connectivity index (χ2v) is 9.35. The lowest BCUT2D eigenvalue weighted by Crippen LogP contribution is -2.15. The molecule has 3 aromatic heterocycles. The van der Waals surface area contributed by atoms with Crippen molar-refractivity contribution in [1.29, 1.82) is 0 Å². The van der Waals surface area contributed by atoms with Crippen LogP contribution in [0, 0.1) is 5.92 Å². The molecular formula is C27H26N4O4. The molecule has 1 aliphatic heterocycles. The Balaban J connectivity index is 1.69. The van der Waals surface area contributed by atoms with Gasteiger partial charge in [0.05, 0.1) is 28.8 Å². The summed E-state index contributed by atoms with van der Waals surface area (Å²) < 4.78 is 21.4. The normalized spacial score (nSPS) is 13.4. The van der Waals surface area contributed by atoms with Gasteiger partial charge < -0.3 is 14.2 Å². The number of nitrogens with zero attached hydrogens (tertiary/aromatic N) is 4. The highest BCUT2D eigenvalue weighted by atomic mass is 16.6. The summed E-state index contributed by atoms with van der Waals surface area (Å²) in [6.07, 6.45) is 1.81. The first-order valence-electron chi connectivity index (χ1n) is 11.9. The molecule has 0 bridgehead atoms. The fourth-order valence-electron chi connectivity index (χ4n) is 4.45. The SMILES string of the molecule is CC(C)C(=O)Oc1cn(-c2ccc3c(c2)OCCO3)c2nc(C(C)C)n3c4ccccc4nc3c12. The van der Waals surface area contributed by atoms with E-state index in [2.05, 4.69) is 18.2 Å². The van der Waals surface area contributed by atoms with Gasteiger partial charge in [0.1, 0.15) is 24.4 Å². The number of benzene rings is 2. The van der Waals surface area contributed by atoms with E-state index in [9.17, 15) is 4.79 Å². The predicted octanol–water partition coefficient (Wildman–Crippen LogP) is 5.28. The summed E-state index contributed by atoms with van der Waals surface area (Å²) >= 11 is 0. The van der Waals surface area contributed by atoms with E-state index in [-0.39, 0.29) is 17.8 Å². The van der Waals surface area contributed by atoms with Crippen molar-refractivity contribution in [2.24, 2.45) is 5.92 Å². The lowest BCUT2D eigenvalue weighted by atomic mass is 10.2. The minimum Gasteiger partial charge on any atom is -0.486 e. The molecular weight excluding hydrogens is 444 g/mol. The van der Waals surface area contributed by atoms with Crippen molar-refractivity contribution < 1.29 is 19.0 Å². The number of hydrogen-bond donors (Lipinski definition) is 0. The molecule has 0 radical (unpaired) electrons. The van der Waals surface area contributed by atoms with E-state index < -0.39 is 0 Å². The number of rotatable bonds is 4. The van der Waals surface area contributed by atoms with Gasteiger partial charge in [-0.25, -0.2) is 9.97 Å². The second kappa shape index (κ2) is 8.01. The molecule has 0 atom stereocenters. The maximum atomic E-state index is 12.7. The average Bonchev–Trinajstić information content (AvgIpc) is 3.41. The van der Waals surface area contributed by atoms with Gasteiger partial charge in [0, 0.05) is 12.0 Å². The molecule has 5 aromatic rings. The number of carbonyl (C=O) groups excluding carboxylic acids is 1. The topological polar surface area (TPSA) is 79.9 Å². The Morgan fingerprint density at radius 2 is 1.74 bits per heavy atom. The molecule has 8 nitrogen and oxygen atoms in total. The quantitative estimate of drug-likeness (QED) is 0.333. The van der Waals surface area contributed by atoms with Gasteiger partial charge in [0.25, 0.3) is 0 Å². The molecule has 2 aromatic carbocycles. The lowest BCUT2D eigenvalue weighted by molar-refractivity contribution is -0.137. The highest BCUT2D eigenvalue weighted by molar-refractivity contribution is 6.01. The van der Waals surface area contributed by atoms with Crippen LogP contribution in [0.25, 0.3) is 33.4 Å². The van der Waals surface area contributed by atoms with Crippen LogP contribution in [-0.4, -0.2) is 38.1 Å². The van der Waals surface area contributed by atoms with Crippen LogP contribution < -0.4 is 14.2 Å². The smallest absolute Gasteiger partial charge is 0.313 e. The van der Waals surface area contributed by atoms with Crippen LogP contribution in [0.2, 0.25) is 0 Å². The maximum Gasteiger partial charge on any atom is 0.313 e. The van der Waals surface area contributed by atoms with Gasteiger partial charge in [-0.15, -0.1) is 0 Å². The molecule has 0 unspecified atom stereocenters. The van der Waals surface area contributed by atoms with Crippen molar-refractivity contribution in [2.75, 3.05) is 13.2 Å². The first-order chi connectivity index (χ1) is 16.9.